The molecule has 1 aliphatic rings. The van der Waals surface area contributed by atoms with Gasteiger partial charge < -0.3 is 10.3 Å². The Labute approximate surface area is 240 Å². The Balaban J connectivity index is 1.35. The van der Waals surface area contributed by atoms with Crippen molar-refractivity contribution in [2.24, 2.45) is 0 Å². The zero-order valence-corrected chi connectivity index (χ0v) is 22.6. The van der Waals surface area contributed by atoms with E-state index in [-0.39, 0.29) is 0 Å². The number of hydrogen-bond donors (Lipinski definition) is 1. The van der Waals surface area contributed by atoms with Gasteiger partial charge in [0.1, 0.15) is 0 Å². The van der Waals surface area contributed by atoms with Gasteiger partial charge in [-0.2, -0.15) is 0 Å². The first-order chi connectivity index (χ1) is 20.3. The lowest BCUT2D eigenvalue weighted by atomic mass is 9.94. The van der Waals surface area contributed by atoms with Crippen LogP contribution in [0.5, 0.6) is 0 Å². The Morgan fingerprint density at radius 1 is 0.537 bits per heavy atom. The van der Waals surface area contributed by atoms with Gasteiger partial charge in [0.05, 0.1) is 0 Å². The minimum Gasteiger partial charge on any atom is -0.310 e. The average molecular weight is 525 g/mol. The maximum Gasteiger partial charge on any atom is 0.0470 e. The van der Waals surface area contributed by atoms with E-state index in [0.717, 1.165) is 28.2 Å². The third-order valence-corrected chi connectivity index (χ3v) is 7.92. The van der Waals surface area contributed by atoms with E-state index >= 15 is 0 Å². The Morgan fingerprint density at radius 3 is 1.88 bits per heavy atom. The van der Waals surface area contributed by atoms with Crippen molar-refractivity contribution >= 4 is 28.4 Å². The number of benzene rings is 6. The van der Waals surface area contributed by atoms with Crippen LogP contribution in [-0.4, -0.2) is 6.21 Å². The van der Waals surface area contributed by atoms with E-state index in [1.165, 1.54) is 50.4 Å². The highest BCUT2D eigenvalue weighted by Gasteiger charge is 2.22. The molecule has 0 saturated carbocycles. The predicted octanol–water partition coefficient (Wildman–Crippen LogP) is 10.7. The topological polar surface area (TPSA) is 27.1 Å². The second-order valence-electron chi connectivity index (χ2n) is 10.2. The lowest BCUT2D eigenvalue weighted by molar-refractivity contribution is 1.21. The van der Waals surface area contributed by atoms with Gasteiger partial charge in [0, 0.05) is 23.3 Å². The summed E-state index contributed by atoms with van der Waals surface area (Å²) < 4.78 is 0. The minimum absolute atomic E-state index is 0.834. The van der Waals surface area contributed by atoms with Crippen molar-refractivity contribution in [2.45, 2.75) is 0 Å². The van der Waals surface area contributed by atoms with Crippen LogP contribution < -0.4 is 4.90 Å². The summed E-state index contributed by atoms with van der Waals surface area (Å²) in [5.74, 6) is 0. The van der Waals surface area contributed by atoms with E-state index in [0.29, 0.717) is 0 Å². The number of nitrogens with one attached hydrogen (secondary N) is 1. The predicted molar refractivity (Wildman–Crippen MR) is 175 cm³/mol. The van der Waals surface area contributed by atoms with E-state index < -0.39 is 0 Å². The molecule has 2 nitrogen and oxygen atoms in total. The Hall–Kier alpha value is -5.47. The normalized spacial score (nSPS) is 11.8. The van der Waals surface area contributed by atoms with Crippen LogP contribution in [0, 0.1) is 5.41 Å². The zero-order chi connectivity index (χ0) is 27.8. The molecule has 2 heteroatoms. The van der Waals surface area contributed by atoms with Gasteiger partial charge in [0.2, 0.25) is 0 Å². The van der Waals surface area contributed by atoms with Gasteiger partial charge in [-0.1, -0.05) is 116 Å². The molecule has 0 radical (unpaired) electrons. The molecule has 6 aromatic rings. The third kappa shape index (κ3) is 4.18. The Bertz CT molecular complexity index is 1930. The average Bonchev–Trinajstić information content (AvgIpc) is 3.37. The number of anilines is 2. The molecule has 0 aromatic heterocycles. The van der Waals surface area contributed by atoms with Crippen LogP contribution in [0.15, 0.2) is 158 Å². The van der Waals surface area contributed by atoms with Crippen molar-refractivity contribution in [1.29, 1.82) is 5.41 Å². The highest BCUT2D eigenvalue weighted by Crippen LogP contribution is 2.49. The molecule has 194 valence electrons. The molecular weight excluding hydrogens is 496 g/mol. The Kier molecular flexibility index (Phi) is 6.14. The quantitative estimate of drug-likeness (QED) is 0.163. The van der Waals surface area contributed by atoms with Crippen LogP contribution in [0.25, 0.3) is 55.3 Å². The first-order valence-corrected chi connectivity index (χ1v) is 13.8. The summed E-state index contributed by atoms with van der Waals surface area (Å²) in [5, 5.41) is 10.4. The molecule has 41 heavy (non-hydrogen) atoms. The number of rotatable bonds is 7. The first-order valence-electron chi connectivity index (χ1n) is 13.8. The van der Waals surface area contributed by atoms with E-state index in [2.05, 4.69) is 139 Å². The van der Waals surface area contributed by atoms with Gasteiger partial charge in [-0.05, 0) is 91.7 Å². The molecule has 0 spiro atoms. The molecule has 0 bridgehead atoms. The van der Waals surface area contributed by atoms with Crippen molar-refractivity contribution in [3.05, 3.63) is 158 Å². The standard InChI is InChI=1S/C39H28N2/c1-2-30(24-25-40)41(31-20-18-28(19-21-31)27-10-4-3-5-11-27)32-13-8-12-29(26-32)33-22-23-38-35-15-7-6-14-34(35)37-17-9-16-36(33)39(37)38/h2-26,40H,1H2/b30-24+,40-25?. The summed E-state index contributed by atoms with van der Waals surface area (Å²) in [7, 11) is 0. The Morgan fingerprint density at radius 2 is 1.15 bits per heavy atom. The summed E-state index contributed by atoms with van der Waals surface area (Å²) in [5.41, 5.74) is 12.7. The fourth-order valence-electron chi connectivity index (χ4n) is 6.07. The summed E-state index contributed by atoms with van der Waals surface area (Å²) in [6, 6.07) is 47.4. The van der Waals surface area contributed by atoms with Crippen molar-refractivity contribution < 1.29 is 0 Å². The molecule has 7 rings (SSSR count). The monoisotopic (exact) mass is 524 g/mol. The number of nitrogens with zero attached hydrogens (tertiary/aromatic N) is 1. The van der Waals surface area contributed by atoms with Crippen molar-refractivity contribution in [3.63, 3.8) is 0 Å². The maximum atomic E-state index is 7.79. The summed E-state index contributed by atoms with van der Waals surface area (Å²) in [4.78, 5) is 2.16. The highest BCUT2D eigenvalue weighted by molar-refractivity contribution is 6.18. The smallest absolute Gasteiger partial charge is 0.0470 e. The van der Waals surface area contributed by atoms with Crippen molar-refractivity contribution in [1.82, 2.24) is 0 Å². The molecule has 0 atom stereocenters. The molecule has 0 saturated heterocycles. The molecule has 1 aliphatic carbocycles. The molecule has 0 fully saturated rings. The van der Waals surface area contributed by atoms with Crippen molar-refractivity contribution in [2.75, 3.05) is 4.90 Å². The van der Waals surface area contributed by atoms with Gasteiger partial charge in [-0.15, -0.1) is 0 Å². The van der Waals surface area contributed by atoms with E-state index in [4.69, 9.17) is 5.41 Å². The summed E-state index contributed by atoms with van der Waals surface area (Å²) in [6.07, 6.45) is 4.90. The minimum atomic E-state index is 0.834. The van der Waals surface area contributed by atoms with E-state index in [9.17, 15) is 0 Å². The van der Waals surface area contributed by atoms with Crippen LogP contribution in [0.1, 0.15) is 0 Å². The fraction of sp³-hybridized carbons (Fsp3) is 0. The molecule has 0 amide bonds. The maximum absolute atomic E-state index is 7.79. The van der Waals surface area contributed by atoms with Crippen LogP contribution in [0.2, 0.25) is 0 Å². The third-order valence-electron chi connectivity index (χ3n) is 7.92. The lowest BCUT2D eigenvalue weighted by Gasteiger charge is -2.27. The molecular formula is C39H28N2. The SMILES string of the molecule is C=C/C(=C\C=N)N(c1ccc(-c2ccccc2)cc1)c1cccc(-c2ccc3c4c(cccc24)-c2ccccc2-3)c1. The van der Waals surface area contributed by atoms with Gasteiger partial charge in [-0.3, -0.25) is 0 Å². The summed E-state index contributed by atoms with van der Waals surface area (Å²) in [6.45, 7) is 4.07. The van der Waals surface area contributed by atoms with Gasteiger partial charge in [-0.25, -0.2) is 0 Å². The molecule has 0 aliphatic heterocycles. The molecule has 0 heterocycles. The van der Waals surface area contributed by atoms with Gasteiger partial charge in [0.15, 0.2) is 0 Å². The number of allylic oxidation sites excluding steroid dienone is 2. The second kappa shape index (κ2) is 10.3. The van der Waals surface area contributed by atoms with Crippen molar-refractivity contribution in [3.8, 4) is 44.5 Å². The highest BCUT2D eigenvalue weighted by atomic mass is 15.1. The zero-order valence-electron chi connectivity index (χ0n) is 22.6. The molecule has 1 N–H and O–H groups in total. The van der Waals surface area contributed by atoms with Crippen LogP contribution in [-0.2, 0) is 0 Å². The fourth-order valence-corrected chi connectivity index (χ4v) is 6.07. The summed E-state index contributed by atoms with van der Waals surface area (Å²) >= 11 is 0. The van der Waals surface area contributed by atoms with Gasteiger partial charge >= 0.3 is 0 Å². The van der Waals surface area contributed by atoms with Crippen LogP contribution in [0.4, 0.5) is 11.4 Å². The number of hydrogen-bond acceptors (Lipinski definition) is 2. The van der Waals surface area contributed by atoms with E-state index in [1.54, 1.807) is 12.2 Å². The van der Waals surface area contributed by atoms with E-state index in [1.807, 2.05) is 6.07 Å². The van der Waals surface area contributed by atoms with Crippen LogP contribution >= 0.6 is 0 Å². The first kappa shape index (κ1) is 24.6. The molecule has 6 aromatic carbocycles. The van der Waals surface area contributed by atoms with Gasteiger partial charge in [0.25, 0.3) is 0 Å². The largest absolute Gasteiger partial charge is 0.310 e. The van der Waals surface area contributed by atoms with Crippen LogP contribution in [0.3, 0.4) is 0 Å². The molecule has 0 unspecified atom stereocenters. The number of fused-ring (bicyclic) bond motifs is 3. The lowest BCUT2D eigenvalue weighted by Crippen LogP contribution is -2.15. The second-order valence-corrected chi connectivity index (χ2v) is 10.2.